The Labute approximate surface area is 124 Å². The predicted octanol–water partition coefficient (Wildman–Crippen LogP) is 2.97. The molecule has 1 heterocycles. The summed E-state index contributed by atoms with van der Waals surface area (Å²) < 4.78 is 1.55. The minimum absolute atomic E-state index is 0.0393. The Hall–Kier alpha value is -2.35. The molecule has 110 valence electrons. The number of nitrogens with zero attached hydrogens (tertiary/aromatic N) is 3. The Morgan fingerprint density at radius 3 is 2.81 bits per heavy atom. The maximum atomic E-state index is 11.2. The van der Waals surface area contributed by atoms with Crippen LogP contribution in [-0.4, -0.2) is 25.8 Å². The molecule has 8 heteroatoms. The molecule has 0 atom stereocenters. The Morgan fingerprint density at radius 2 is 2.24 bits per heavy atom. The van der Waals surface area contributed by atoms with Gasteiger partial charge in [-0.15, -0.1) is 0 Å². The Morgan fingerprint density at radius 1 is 1.52 bits per heavy atom. The van der Waals surface area contributed by atoms with Crippen molar-refractivity contribution in [3.05, 3.63) is 45.6 Å². The lowest BCUT2D eigenvalue weighted by Gasteiger charge is -2.04. The summed E-state index contributed by atoms with van der Waals surface area (Å²) in [7, 11) is 0. The molecular formula is C13H13N3O4S. The van der Waals surface area contributed by atoms with Crippen molar-refractivity contribution in [3.63, 3.8) is 0 Å². The summed E-state index contributed by atoms with van der Waals surface area (Å²) >= 11 is 1.14. The number of aromatic nitrogens is 2. The zero-order valence-electron chi connectivity index (χ0n) is 11.4. The molecule has 0 fully saturated rings. The van der Waals surface area contributed by atoms with Crippen molar-refractivity contribution < 1.29 is 14.8 Å². The number of carbonyl (C=O) groups is 1. The molecule has 0 amide bonds. The van der Waals surface area contributed by atoms with E-state index >= 15 is 0 Å². The van der Waals surface area contributed by atoms with Gasteiger partial charge in [-0.2, -0.15) is 5.10 Å². The standard InChI is InChI=1S/C13H13N3O4S/c1-3-15-12(11(16(19)20)8(2)14-15)21-10-6-4-5-9(7-10)13(17)18/h4-7H,3H2,1-2H3,(H,17,18). The van der Waals surface area contributed by atoms with Crippen LogP contribution in [0.2, 0.25) is 0 Å². The molecule has 0 saturated heterocycles. The van der Waals surface area contributed by atoms with Crippen molar-refractivity contribution in [2.75, 3.05) is 0 Å². The summed E-state index contributed by atoms with van der Waals surface area (Å²) in [6.07, 6.45) is 0. The van der Waals surface area contributed by atoms with Gasteiger partial charge < -0.3 is 5.11 Å². The summed E-state index contributed by atoms with van der Waals surface area (Å²) in [5, 5.41) is 24.7. The van der Waals surface area contributed by atoms with Gasteiger partial charge in [0.05, 0.1) is 10.5 Å². The predicted molar refractivity (Wildman–Crippen MR) is 76.8 cm³/mol. The molecule has 0 saturated carbocycles. The second-order valence-corrected chi connectivity index (χ2v) is 5.31. The first-order valence-electron chi connectivity index (χ1n) is 6.17. The van der Waals surface area contributed by atoms with Crippen LogP contribution in [0.25, 0.3) is 0 Å². The molecule has 2 rings (SSSR count). The molecule has 7 nitrogen and oxygen atoms in total. The van der Waals surface area contributed by atoms with Crippen molar-refractivity contribution in [3.8, 4) is 0 Å². The van der Waals surface area contributed by atoms with Crippen molar-refractivity contribution in [1.29, 1.82) is 0 Å². The van der Waals surface area contributed by atoms with Gasteiger partial charge in [0.25, 0.3) is 0 Å². The molecule has 1 aromatic heterocycles. The van der Waals surface area contributed by atoms with E-state index in [0.29, 0.717) is 22.2 Å². The first kappa shape index (κ1) is 15.0. The van der Waals surface area contributed by atoms with Gasteiger partial charge in [-0.3, -0.25) is 14.8 Å². The van der Waals surface area contributed by atoms with Crippen molar-refractivity contribution in [1.82, 2.24) is 9.78 Å². The van der Waals surface area contributed by atoms with E-state index in [1.54, 1.807) is 23.7 Å². The fourth-order valence-electron chi connectivity index (χ4n) is 1.88. The second-order valence-electron chi connectivity index (χ2n) is 4.25. The molecule has 1 aromatic carbocycles. The van der Waals surface area contributed by atoms with Crippen LogP contribution in [0.5, 0.6) is 0 Å². The molecule has 0 radical (unpaired) electrons. The van der Waals surface area contributed by atoms with Gasteiger partial charge in [-0.25, -0.2) is 4.79 Å². The Balaban J connectivity index is 2.46. The van der Waals surface area contributed by atoms with E-state index in [1.807, 2.05) is 6.92 Å². The van der Waals surface area contributed by atoms with Crippen molar-refractivity contribution in [2.24, 2.45) is 0 Å². The Kier molecular flexibility index (Phi) is 4.27. The summed E-state index contributed by atoms with van der Waals surface area (Å²) in [5.41, 5.74) is 0.447. The fraction of sp³-hybridized carbons (Fsp3) is 0.231. The number of aryl methyl sites for hydroxylation is 2. The van der Waals surface area contributed by atoms with E-state index in [2.05, 4.69) is 5.10 Å². The lowest BCUT2D eigenvalue weighted by molar-refractivity contribution is -0.388. The monoisotopic (exact) mass is 307 g/mol. The van der Waals surface area contributed by atoms with Crippen molar-refractivity contribution >= 4 is 23.4 Å². The van der Waals surface area contributed by atoms with Crippen LogP contribution in [-0.2, 0) is 6.54 Å². The minimum atomic E-state index is -1.04. The lowest BCUT2D eigenvalue weighted by atomic mass is 10.2. The average Bonchev–Trinajstić information content (AvgIpc) is 2.75. The van der Waals surface area contributed by atoms with Crippen molar-refractivity contribution in [2.45, 2.75) is 30.3 Å². The summed E-state index contributed by atoms with van der Waals surface area (Å²) in [4.78, 5) is 22.3. The largest absolute Gasteiger partial charge is 0.478 e. The van der Waals surface area contributed by atoms with E-state index < -0.39 is 10.9 Å². The molecule has 1 N–H and O–H groups in total. The molecule has 2 aromatic rings. The van der Waals surface area contributed by atoms with E-state index in [4.69, 9.17) is 5.11 Å². The van der Waals surface area contributed by atoms with Crippen LogP contribution in [0.15, 0.2) is 34.2 Å². The van der Waals surface area contributed by atoms with Gasteiger partial charge in [0.2, 0.25) is 0 Å². The zero-order chi connectivity index (χ0) is 15.6. The zero-order valence-corrected chi connectivity index (χ0v) is 12.3. The molecule has 0 aliphatic rings. The molecule has 0 unspecified atom stereocenters. The molecule has 21 heavy (non-hydrogen) atoms. The molecule has 0 aliphatic heterocycles. The average molecular weight is 307 g/mol. The maximum Gasteiger partial charge on any atom is 0.335 e. The third-order valence-electron chi connectivity index (χ3n) is 2.83. The number of hydrogen-bond donors (Lipinski definition) is 1. The highest BCUT2D eigenvalue weighted by Crippen LogP contribution is 2.37. The van der Waals surface area contributed by atoms with Gasteiger partial charge in [0.1, 0.15) is 5.69 Å². The van der Waals surface area contributed by atoms with Crippen LogP contribution in [0.3, 0.4) is 0 Å². The normalized spacial score (nSPS) is 10.6. The van der Waals surface area contributed by atoms with E-state index in [9.17, 15) is 14.9 Å². The summed E-state index contributed by atoms with van der Waals surface area (Å²) in [5.74, 6) is -1.04. The first-order valence-corrected chi connectivity index (χ1v) is 6.98. The third kappa shape index (κ3) is 3.05. The first-order chi connectivity index (χ1) is 9.93. The Bertz CT molecular complexity index is 711. The maximum absolute atomic E-state index is 11.2. The smallest absolute Gasteiger partial charge is 0.335 e. The highest BCUT2D eigenvalue weighted by Gasteiger charge is 2.25. The van der Waals surface area contributed by atoms with Gasteiger partial charge in [0.15, 0.2) is 5.03 Å². The van der Waals surface area contributed by atoms with Crippen LogP contribution < -0.4 is 0 Å². The summed E-state index contributed by atoms with van der Waals surface area (Å²) in [6, 6.07) is 6.28. The van der Waals surface area contributed by atoms with E-state index in [1.165, 1.54) is 12.1 Å². The SMILES string of the molecule is CCn1nc(C)c([N+](=O)[O-])c1Sc1cccc(C(=O)O)c1. The number of carboxylic acids is 1. The number of benzene rings is 1. The molecule has 0 bridgehead atoms. The third-order valence-corrected chi connectivity index (χ3v) is 3.92. The van der Waals surface area contributed by atoms with Crippen LogP contribution in [0.4, 0.5) is 5.69 Å². The molecular weight excluding hydrogens is 294 g/mol. The van der Waals surface area contributed by atoms with Gasteiger partial charge >= 0.3 is 11.7 Å². The van der Waals surface area contributed by atoms with Gasteiger partial charge in [0, 0.05) is 11.4 Å². The quantitative estimate of drug-likeness (QED) is 0.673. The van der Waals surface area contributed by atoms with Gasteiger partial charge in [-0.1, -0.05) is 17.8 Å². The topological polar surface area (TPSA) is 98.3 Å². The fourth-order valence-corrected chi connectivity index (χ4v) is 3.03. The summed E-state index contributed by atoms with van der Waals surface area (Å²) in [6.45, 7) is 3.92. The number of nitro groups is 1. The number of carboxylic acid groups (broad SMARTS) is 1. The van der Waals surface area contributed by atoms with Crippen LogP contribution >= 0.6 is 11.8 Å². The number of hydrogen-bond acceptors (Lipinski definition) is 5. The van der Waals surface area contributed by atoms with E-state index in [0.717, 1.165) is 11.8 Å². The highest BCUT2D eigenvalue weighted by molar-refractivity contribution is 7.99. The van der Waals surface area contributed by atoms with E-state index in [-0.39, 0.29) is 11.3 Å². The molecule has 0 spiro atoms. The minimum Gasteiger partial charge on any atom is -0.478 e. The van der Waals surface area contributed by atoms with Crippen LogP contribution in [0, 0.1) is 17.0 Å². The second kappa shape index (κ2) is 5.96. The highest BCUT2D eigenvalue weighted by atomic mass is 32.2. The number of rotatable bonds is 5. The van der Waals surface area contributed by atoms with Crippen LogP contribution in [0.1, 0.15) is 23.0 Å². The lowest BCUT2D eigenvalue weighted by Crippen LogP contribution is -2.00. The molecule has 0 aliphatic carbocycles. The van der Waals surface area contributed by atoms with Gasteiger partial charge in [-0.05, 0) is 32.0 Å². The number of aromatic carboxylic acids is 1.